The largest absolute Gasteiger partial charge is 0.481 e. The van der Waals surface area contributed by atoms with Crippen LogP contribution in [0.1, 0.15) is 64.2 Å². The van der Waals surface area contributed by atoms with Crippen molar-refractivity contribution >= 4 is 18.7 Å². The van der Waals surface area contributed by atoms with E-state index in [1.165, 1.54) is 19.3 Å². The molecule has 0 N–H and O–H groups in total. The molecule has 4 heteroatoms. The van der Waals surface area contributed by atoms with E-state index in [-0.39, 0.29) is 24.1 Å². The van der Waals surface area contributed by atoms with Crippen molar-refractivity contribution < 1.29 is 9.31 Å². The van der Waals surface area contributed by atoms with Crippen LogP contribution in [0.3, 0.4) is 0 Å². The van der Waals surface area contributed by atoms with Crippen LogP contribution in [0.25, 0.3) is 0 Å². The first-order valence-electron chi connectivity index (χ1n) is 10.3. The van der Waals surface area contributed by atoms with Gasteiger partial charge in [-0.15, -0.1) is 11.6 Å². The lowest BCUT2D eigenvalue weighted by Crippen LogP contribution is -2.52. The molecule has 1 aliphatic heterocycles. The second kappa shape index (κ2) is 5.52. The summed E-state index contributed by atoms with van der Waals surface area (Å²) in [5.41, 5.74) is 1.62. The van der Waals surface area contributed by atoms with Gasteiger partial charge in [-0.1, -0.05) is 51.1 Å². The number of halogens is 1. The molecular weight excluding hydrogens is 343 g/mol. The highest BCUT2D eigenvalue weighted by Crippen LogP contribution is 2.74. The van der Waals surface area contributed by atoms with Gasteiger partial charge in [-0.05, 0) is 66.8 Å². The predicted molar refractivity (Wildman–Crippen MR) is 106 cm³/mol. The van der Waals surface area contributed by atoms with Crippen molar-refractivity contribution in [2.45, 2.75) is 70.4 Å². The monoisotopic (exact) mass is 372 g/mol. The van der Waals surface area contributed by atoms with Crippen LogP contribution in [0.2, 0.25) is 0 Å². The number of hydrogen-bond acceptors (Lipinski definition) is 2. The van der Waals surface area contributed by atoms with Crippen molar-refractivity contribution in [3.05, 3.63) is 35.9 Å². The normalized spacial score (nSPS) is 46.9. The molecule has 1 aromatic carbocycles. The first-order chi connectivity index (χ1) is 12.3. The second-order valence-corrected chi connectivity index (χ2v) is 10.6. The molecule has 5 rings (SSSR count). The van der Waals surface area contributed by atoms with Gasteiger partial charge < -0.3 is 9.31 Å². The lowest BCUT2D eigenvalue weighted by atomic mass is 9.63. The van der Waals surface area contributed by atoms with Gasteiger partial charge in [0.2, 0.25) is 0 Å². The summed E-state index contributed by atoms with van der Waals surface area (Å²) in [5, 5.41) is -0.255. The van der Waals surface area contributed by atoms with E-state index < -0.39 is 0 Å². The molecule has 3 aliphatic carbocycles. The van der Waals surface area contributed by atoms with E-state index in [0.29, 0.717) is 16.7 Å². The fourth-order valence-electron chi connectivity index (χ4n) is 7.52. The molecule has 1 heterocycles. The lowest BCUT2D eigenvalue weighted by molar-refractivity contribution is -0.0768. The Balaban J connectivity index is 1.48. The number of hydrogen-bond donors (Lipinski definition) is 0. The second-order valence-electron chi connectivity index (χ2n) is 10.2. The summed E-state index contributed by atoms with van der Waals surface area (Å²) in [7, 11) is -0.351. The highest BCUT2D eigenvalue weighted by Gasteiger charge is 2.73. The fraction of sp³-hybridized carbons (Fsp3) is 0.727. The van der Waals surface area contributed by atoms with E-state index in [9.17, 15) is 0 Å². The Morgan fingerprint density at radius 2 is 1.81 bits per heavy atom. The van der Waals surface area contributed by atoms with Crippen LogP contribution in [0.4, 0.5) is 0 Å². The summed E-state index contributed by atoms with van der Waals surface area (Å²) in [6, 6.07) is 10.2. The zero-order valence-electron chi connectivity index (χ0n) is 16.4. The summed E-state index contributed by atoms with van der Waals surface area (Å²) < 4.78 is 13.2. The van der Waals surface area contributed by atoms with Crippen LogP contribution in [-0.4, -0.2) is 18.8 Å². The van der Waals surface area contributed by atoms with Crippen molar-refractivity contribution in [3.63, 3.8) is 0 Å². The van der Waals surface area contributed by atoms with Crippen molar-refractivity contribution in [1.82, 2.24) is 0 Å². The van der Waals surface area contributed by atoms with Gasteiger partial charge in [0.1, 0.15) is 0 Å². The molecule has 2 nitrogen and oxygen atoms in total. The quantitative estimate of drug-likeness (QED) is 0.493. The van der Waals surface area contributed by atoms with E-state index in [4.69, 9.17) is 20.9 Å². The Labute approximate surface area is 163 Å². The van der Waals surface area contributed by atoms with E-state index in [0.717, 1.165) is 23.8 Å². The maximum absolute atomic E-state index is 6.80. The molecule has 0 unspecified atom stereocenters. The Kier molecular flexibility index (Phi) is 3.73. The van der Waals surface area contributed by atoms with Gasteiger partial charge in [0.15, 0.2) is 0 Å². The Hall–Kier alpha value is -0.505. The Bertz CT molecular complexity index is 709. The van der Waals surface area contributed by atoms with Gasteiger partial charge in [-0.3, -0.25) is 0 Å². The highest BCUT2D eigenvalue weighted by molar-refractivity contribution is 6.59. The van der Waals surface area contributed by atoms with Crippen LogP contribution in [0.15, 0.2) is 30.3 Å². The topological polar surface area (TPSA) is 18.5 Å². The van der Waals surface area contributed by atoms with Gasteiger partial charge in [-0.2, -0.15) is 0 Å². The molecule has 1 saturated heterocycles. The van der Waals surface area contributed by atoms with Crippen LogP contribution in [0, 0.1) is 28.6 Å². The average Bonchev–Trinajstić information content (AvgIpc) is 3.19. The third kappa shape index (κ3) is 2.09. The fourth-order valence-corrected chi connectivity index (χ4v) is 7.78. The smallest absolute Gasteiger partial charge is 0.404 e. The summed E-state index contributed by atoms with van der Waals surface area (Å²) in [4.78, 5) is 0. The van der Waals surface area contributed by atoms with Crippen molar-refractivity contribution in [1.29, 1.82) is 0 Å². The van der Waals surface area contributed by atoms with Gasteiger partial charge >= 0.3 is 7.12 Å². The number of benzene rings is 1. The third-order valence-corrected chi connectivity index (χ3v) is 9.32. The summed E-state index contributed by atoms with van der Waals surface area (Å²) >= 11 is 6.80. The molecule has 7 atom stereocenters. The number of fused-ring (bicyclic) bond motifs is 3. The number of alkyl halides is 1. The SMILES string of the molecule is C[C@@H]1CC[C@H]2C(C)(C)[C@H]3C[C@@]12C[C@@H]1OB([C@H](Cl)c2ccccc2)O[C@@]13C. The van der Waals surface area contributed by atoms with Crippen LogP contribution >= 0.6 is 11.6 Å². The van der Waals surface area contributed by atoms with Crippen molar-refractivity contribution in [3.8, 4) is 0 Å². The standard InChI is InChI=1S/C22H30BClO2/c1-14-10-11-16-20(2,3)17-12-22(14,16)13-18-21(17,4)26-23(25-18)19(24)15-8-6-5-7-9-15/h5-9,14,16-19H,10-13H2,1-4H3/t14-,16+,17-,18+,19-,21-,22-/m1/s1. The molecule has 3 saturated carbocycles. The maximum atomic E-state index is 6.80. The molecule has 0 aromatic heterocycles. The third-order valence-electron chi connectivity index (χ3n) is 8.87. The van der Waals surface area contributed by atoms with Crippen molar-refractivity contribution in [2.75, 3.05) is 0 Å². The maximum Gasteiger partial charge on any atom is 0.481 e. The van der Waals surface area contributed by atoms with E-state index in [2.05, 4.69) is 39.8 Å². The summed E-state index contributed by atoms with van der Waals surface area (Å²) in [6.07, 6.45) is 5.36. The molecule has 26 heavy (non-hydrogen) atoms. The van der Waals surface area contributed by atoms with Gasteiger partial charge in [-0.25, -0.2) is 0 Å². The highest BCUT2D eigenvalue weighted by atomic mass is 35.5. The molecule has 0 radical (unpaired) electrons. The zero-order valence-corrected chi connectivity index (χ0v) is 17.1. The minimum absolute atomic E-state index is 0.168. The lowest BCUT2D eigenvalue weighted by Gasteiger charge is -2.48. The van der Waals surface area contributed by atoms with E-state index >= 15 is 0 Å². The molecule has 1 aromatic rings. The minimum Gasteiger partial charge on any atom is -0.404 e. The number of rotatable bonds is 2. The first kappa shape index (κ1) is 17.6. The molecule has 2 bridgehead atoms. The van der Waals surface area contributed by atoms with Crippen LogP contribution in [-0.2, 0) is 9.31 Å². The minimum atomic E-state index is -0.351. The predicted octanol–water partition coefficient (Wildman–Crippen LogP) is 5.65. The zero-order chi connectivity index (χ0) is 18.3. The van der Waals surface area contributed by atoms with Gasteiger partial charge in [0.25, 0.3) is 0 Å². The average molecular weight is 373 g/mol. The van der Waals surface area contributed by atoms with Crippen LogP contribution in [0.5, 0.6) is 0 Å². The molecule has 0 amide bonds. The molecule has 140 valence electrons. The molecular formula is C22H30BClO2. The summed E-state index contributed by atoms with van der Waals surface area (Å²) in [5.74, 6) is 2.15. The molecule has 1 spiro atoms. The molecule has 4 aliphatic rings. The van der Waals surface area contributed by atoms with E-state index in [1.54, 1.807) is 0 Å². The molecule has 4 fully saturated rings. The van der Waals surface area contributed by atoms with Crippen molar-refractivity contribution in [2.24, 2.45) is 28.6 Å². The van der Waals surface area contributed by atoms with Gasteiger partial charge in [0.05, 0.1) is 17.0 Å². The Morgan fingerprint density at radius 3 is 2.54 bits per heavy atom. The van der Waals surface area contributed by atoms with Gasteiger partial charge in [0, 0.05) is 0 Å². The van der Waals surface area contributed by atoms with Crippen LogP contribution < -0.4 is 0 Å². The van der Waals surface area contributed by atoms with E-state index in [1.807, 2.05) is 18.2 Å². The first-order valence-corrected chi connectivity index (χ1v) is 10.7. The summed E-state index contributed by atoms with van der Waals surface area (Å²) in [6.45, 7) is 9.75. The Morgan fingerprint density at radius 1 is 1.08 bits per heavy atom.